The molecule has 2 aromatic carbocycles. The molecule has 0 spiro atoms. The van der Waals surface area contributed by atoms with Crippen LogP contribution >= 0.6 is 0 Å². The average Bonchev–Trinajstić information content (AvgIpc) is 3.15. The molecule has 1 saturated heterocycles. The zero-order valence-corrected chi connectivity index (χ0v) is 19.7. The third kappa shape index (κ3) is 5.80. The first kappa shape index (κ1) is 23.9. The van der Waals surface area contributed by atoms with Gasteiger partial charge in [0.2, 0.25) is 5.91 Å². The highest BCUT2D eigenvalue weighted by atomic mass is 16.5. The third-order valence-electron chi connectivity index (χ3n) is 5.89. The average molecular weight is 466 g/mol. The number of benzene rings is 2. The molecule has 180 valence electrons. The lowest BCUT2D eigenvalue weighted by Gasteiger charge is -2.26. The van der Waals surface area contributed by atoms with Gasteiger partial charge < -0.3 is 24.7 Å². The van der Waals surface area contributed by atoms with Crippen molar-refractivity contribution in [2.24, 2.45) is 7.05 Å². The smallest absolute Gasteiger partial charge is 0.253 e. The molecule has 4 rings (SSSR count). The molecule has 9 nitrogen and oxygen atoms in total. The number of rotatable bonds is 9. The number of amides is 2. The lowest BCUT2D eigenvalue weighted by atomic mass is 10.1. The molecule has 1 aliphatic rings. The molecule has 2 heterocycles. The number of nitrogens with one attached hydrogen (secondary N) is 2. The van der Waals surface area contributed by atoms with Crippen molar-refractivity contribution in [3.63, 3.8) is 0 Å². The highest BCUT2D eigenvalue weighted by molar-refractivity contribution is 6.07. The zero-order valence-electron chi connectivity index (χ0n) is 19.7. The van der Waals surface area contributed by atoms with Crippen LogP contribution in [0.25, 0.3) is 11.0 Å². The summed E-state index contributed by atoms with van der Waals surface area (Å²) < 4.78 is 12.5. The molecule has 9 heteroatoms. The minimum atomic E-state index is -0.204. The summed E-state index contributed by atoms with van der Waals surface area (Å²) in [5.41, 5.74) is 3.26. The normalized spacial score (nSPS) is 14.3. The number of hydrogen-bond donors (Lipinski definition) is 2. The van der Waals surface area contributed by atoms with Gasteiger partial charge in [-0.05, 0) is 17.7 Å². The van der Waals surface area contributed by atoms with E-state index in [1.165, 1.54) is 0 Å². The summed E-state index contributed by atoms with van der Waals surface area (Å²) in [4.78, 5) is 32.8. The summed E-state index contributed by atoms with van der Waals surface area (Å²) >= 11 is 0. The van der Waals surface area contributed by atoms with Crippen LogP contribution in [-0.4, -0.2) is 72.8 Å². The molecule has 34 heavy (non-hydrogen) atoms. The van der Waals surface area contributed by atoms with Gasteiger partial charge in [-0.1, -0.05) is 30.3 Å². The van der Waals surface area contributed by atoms with Gasteiger partial charge in [-0.25, -0.2) is 4.98 Å². The Hall–Kier alpha value is -3.27. The van der Waals surface area contributed by atoms with Crippen molar-refractivity contribution in [2.45, 2.75) is 13.0 Å². The SMILES string of the molecule is COCc1nc2cc(NC(=O)Cc3ccccc3)cc(C(=O)NCCN3CCOCC3)c2n1C. The number of carbonyl (C=O) groups excluding carboxylic acids is 2. The fourth-order valence-electron chi connectivity index (χ4n) is 4.14. The van der Waals surface area contributed by atoms with Crippen LogP contribution in [0.4, 0.5) is 5.69 Å². The van der Waals surface area contributed by atoms with E-state index in [1.807, 2.05) is 41.9 Å². The van der Waals surface area contributed by atoms with E-state index in [1.54, 1.807) is 19.2 Å². The van der Waals surface area contributed by atoms with Crippen LogP contribution in [0, 0.1) is 0 Å². The number of aromatic nitrogens is 2. The molecule has 0 bridgehead atoms. The summed E-state index contributed by atoms with van der Waals surface area (Å²) in [5.74, 6) is 0.342. The number of ether oxygens (including phenoxy) is 2. The zero-order chi connectivity index (χ0) is 23.9. The van der Waals surface area contributed by atoms with Gasteiger partial charge in [-0.15, -0.1) is 0 Å². The maximum atomic E-state index is 13.2. The molecular weight excluding hydrogens is 434 g/mol. The quantitative estimate of drug-likeness (QED) is 0.502. The largest absolute Gasteiger partial charge is 0.379 e. The molecule has 1 fully saturated rings. The first-order valence-electron chi connectivity index (χ1n) is 11.5. The maximum absolute atomic E-state index is 13.2. The molecule has 2 N–H and O–H groups in total. The topological polar surface area (TPSA) is 97.7 Å². The van der Waals surface area contributed by atoms with Gasteiger partial charge in [0.1, 0.15) is 12.4 Å². The number of nitrogens with zero attached hydrogens (tertiary/aromatic N) is 3. The number of anilines is 1. The molecule has 2 amide bonds. The fraction of sp³-hybridized carbons (Fsp3) is 0.400. The van der Waals surface area contributed by atoms with Crippen LogP contribution in [-0.2, 0) is 34.3 Å². The standard InChI is InChI=1S/C25H31N5O4/c1-29-22(17-33-2)28-21-16-19(27-23(31)14-18-6-4-3-5-7-18)15-20(24(21)29)25(32)26-8-9-30-10-12-34-13-11-30/h3-7,15-16H,8-14,17H2,1-2H3,(H,26,32)(H,27,31). The van der Waals surface area contributed by atoms with Crippen LogP contribution in [0.1, 0.15) is 21.7 Å². The number of imidazole rings is 1. The monoisotopic (exact) mass is 465 g/mol. The van der Waals surface area contributed by atoms with Crippen LogP contribution in [0.15, 0.2) is 42.5 Å². The van der Waals surface area contributed by atoms with E-state index in [9.17, 15) is 9.59 Å². The Labute approximate surface area is 199 Å². The van der Waals surface area contributed by atoms with E-state index in [0.717, 1.165) is 38.4 Å². The lowest BCUT2D eigenvalue weighted by Crippen LogP contribution is -2.41. The highest BCUT2D eigenvalue weighted by Gasteiger charge is 2.19. The Bertz CT molecular complexity index is 1140. The van der Waals surface area contributed by atoms with Crippen LogP contribution in [0.5, 0.6) is 0 Å². The van der Waals surface area contributed by atoms with Gasteiger partial charge in [0.25, 0.3) is 5.91 Å². The Kier molecular flexibility index (Phi) is 7.89. The van der Waals surface area contributed by atoms with E-state index in [-0.39, 0.29) is 18.2 Å². The van der Waals surface area contributed by atoms with Crippen LogP contribution in [0.3, 0.4) is 0 Å². The number of hydrogen-bond acceptors (Lipinski definition) is 6. The second kappa shape index (κ2) is 11.2. The summed E-state index contributed by atoms with van der Waals surface area (Å²) in [6, 6.07) is 13.0. The molecule has 0 unspecified atom stereocenters. The molecule has 3 aromatic rings. The van der Waals surface area contributed by atoms with Gasteiger partial charge in [0, 0.05) is 46.0 Å². The van der Waals surface area contributed by atoms with Crippen molar-refractivity contribution >= 4 is 28.5 Å². The van der Waals surface area contributed by atoms with Gasteiger partial charge in [0.05, 0.1) is 36.2 Å². The minimum absolute atomic E-state index is 0.155. The predicted molar refractivity (Wildman–Crippen MR) is 130 cm³/mol. The van der Waals surface area contributed by atoms with E-state index >= 15 is 0 Å². The van der Waals surface area contributed by atoms with E-state index in [0.29, 0.717) is 41.3 Å². The summed E-state index contributed by atoms with van der Waals surface area (Å²) in [5, 5.41) is 5.95. The number of morpholine rings is 1. The fourth-order valence-corrected chi connectivity index (χ4v) is 4.14. The van der Waals surface area contributed by atoms with E-state index in [2.05, 4.69) is 20.5 Å². The van der Waals surface area contributed by atoms with E-state index in [4.69, 9.17) is 9.47 Å². The van der Waals surface area contributed by atoms with Crippen molar-refractivity contribution in [3.05, 3.63) is 59.4 Å². The molecule has 0 radical (unpaired) electrons. The molecular formula is C25H31N5O4. The maximum Gasteiger partial charge on any atom is 0.253 e. The van der Waals surface area contributed by atoms with Gasteiger partial charge in [0.15, 0.2) is 0 Å². The van der Waals surface area contributed by atoms with Gasteiger partial charge in [-0.2, -0.15) is 0 Å². The lowest BCUT2D eigenvalue weighted by molar-refractivity contribution is -0.115. The summed E-state index contributed by atoms with van der Waals surface area (Å²) in [7, 11) is 3.47. The molecule has 1 aromatic heterocycles. The Morgan fingerprint density at radius 3 is 2.65 bits per heavy atom. The van der Waals surface area contributed by atoms with Crippen molar-refractivity contribution in [1.29, 1.82) is 0 Å². The van der Waals surface area contributed by atoms with Gasteiger partial charge in [-0.3, -0.25) is 14.5 Å². The molecule has 0 atom stereocenters. The third-order valence-corrected chi connectivity index (χ3v) is 5.89. The van der Waals surface area contributed by atoms with Gasteiger partial charge >= 0.3 is 0 Å². The second-order valence-electron chi connectivity index (χ2n) is 8.33. The Morgan fingerprint density at radius 2 is 1.91 bits per heavy atom. The molecule has 0 aliphatic carbocycles. The first-order valence-corrected chi connectivity index (χ1v) is 11.5. The van der Waals surface area contributed by atoms with Crippen LogP contribution in [0.2, 0.25) is 0 Å². The number of fused-ring (bicyclic) bond motifs is 1. The number of methoxy groups -OCH3 is 1. The summed E-state index contributed by atoms with van der Waals surface area (Å²) in [6.07, 6.45) is 0.247. The summed E-state index contributed by atoms with van der Waals surface area (Å²) in [6.45, 7) is 4.77. The Morgan fingerprint density at radius 1 is 1.15 bits per heavy atom. The number of aryl methyl sites for hydroxylation is 1. The van der Waals surface area contributed by atoms with Crippen LogP contribution < -0.4 is 10.6 Å². The second-order valence-corrected chi connectivity index (χ2v) is 8.33. The van der Waals surface area contributed by atoms with Crippen molar-refractivity contribution < 1.29 is 19.1 Å². The minimum Gasteiger partial charge on any atom is -0.379 e. The first-order chi connectivity index (χ1) is 16.5. The van der Waals surface area contributed by atoms with Crippen molar-refractivity contribution in [3.8, 4) is 0 Å². The van der Waals surface area contributed by atoms with Crippen molar-refractivity contribution in [1.82, 2.24) is 19.8 Å². The molecule has 0 saturated carbocycles. The Balaban J connectivity index is 1.54. The number of carbonyl (C=O) groups is 2. The predicted octanol–water partition coefficient (Wildman–Crippen LogP) is 1.96. The highest BCUT2D eigenvalue weighted by Crippen LogP contribution is 2.25. The van der Waals surface area contributed by atoms with E-state index < -0.39 is 0 Å². The van der Waals surface area contributed by atoms with Crippen molar-refractivity contribution in [2.75, 3.05) is 51.8 Å². The molecule has 1 aliphatic heterocycles.